The Morgan fingerprint density at radius 2 is 1.71 bits per heavy atom. The maximum atomic E-state index is 10.2. The molecule has 0 saturated carbocycles. The Bertz CT molecular complexity index is 527. The molecule has 5 heteroatoms. The van der Waals surface area contributed by atoms with Crippen LogP contribution in [0.5, 0.6) is 0 Å². The molecule has 0 amide bonds. The maximum absolute atomic E-state index is 10.2. The summed E-state index contributed by atoms with van der Waals surface area (Å²) in [6.07, 6.45) is 0.00653. The van der Waals surface area contributed by atoms with Crippen molar-refractivity contribution in [2.75, 3.05) is 0 Å². The molecule has 92 valence electrons. The first-order valence-electron chi connectivity index (χ1n) is 5.65. The fraction of sp³-hybridized carbons (Fsp3) is 0.500. The SMILES string of the molecule is Cc1cc(CC(O)c2cc(C)nn2C)n(C)n1. The number of rotatable bonds is 3. The smallest absolute Gasteiger partial charge is 0.101 e. The van der Waals surface area contributed by atoms with Gasteiger partial charge in [-0.15, -0.1) is 0 Å². The number of aromatic nitrogens is 4. The van der Waals surface area contributed by atoms with E-state index >= 15 is 0 Å². The summed E-state index contributed by atoms with van der Waals surface area (Å²) in [6, 6.07) is 3.90. The van der Waals surface area contributed by atoms with Crippen LogP contribution in [0, 0.1) is 13.8 Å². The topological polar surface area (TPSA) is 55.9 Å². The highest BCUT2D eigenvalue weighted by atomic mass is 16.3. The lowest BCUT2D eigenvalue weighted by molar-refractivity contribution is 0.166. The van der Waals surface area contributed by atoms with Gasteiger partial charge in [-0.2, -0.15) is 10.2 Å². The van der Waals surface area contributed by atoms with E-state index < -0.39 is 6.10 Å². The molecule has 1 atom stereocenters. The summed E-state index contributed by atoms with van der Waals surface area (Å²) in [6.45, 7) is 3.87. The molecule has 0 aliphatic rings. The van der Waals surface area contributed by atoms with Crippen molar-refractivity contribution in [3.8, 4) is 0 Å². The summed E-state index contributed by atoms with van der Waals surface area (Å²) >= 11 is 0. The normalized spacial score (nSPS) is 13.0. The summed E-state index contributed by atoms with van der Waals surface area (Å²) in [5.74, 6) is 0. The van der Waals surface area contributed by atoms with E-state index in [1.165, 1.54) is 0 Å². The Morgan fingerprint density at radius 3 is 2.18 bits per heavy atom. The van der Waals surface area contributed by atoms with E-state index in [9.17, 15) is 5.11 Å². The second-order valence-corrected chi connectivity index (χ2v) is 4.45. The third-order valence-electron chi connectivity index (χ3n) is 2.88. The van der Waals surface area contributed by atoms with Crippen molar-refractivity contribution in [3.63, 3.8) is 0 Å². The predicted octanol–water partition coefficient (Wildman–Crippen LogP) is 1.05. The molecule has 1 unspecified atom stereocenters. The maximum Gasteiger partial charge on any atom is 0.101 e. The monoisotopic (exact) mass is 234 g/mol. The van der Waals surface area contributed by atoms with Crippen LogP contribution in [0.4, 0.5) is 0 Å². The van der Waals surface area contributed by atoms with Crippen molar-refractivity contribution in [3.05, 3.63) is 34.9 Å². The van der Waals surface area contributed by atoms with Crippen LogP contribution in [-0.4, -0.2) is 24.7 Å². The van der Waals surface area contributed by atoms with E-state index in [0.29, 0.717) is 6.42 Å². The van der Waals surface area contributed by atoms with Gasteiger partial charge >= 0.3 is 0 Å². The summed E-state index contributed by atoms with van der Waals surface area (Å²) < 4.78 is 3.53. The van der Waals surface area contributed by atoms with E-state index in [0.717, 1.165) is 22.8 Å². The number of hydrogen-bond donors (Lipinski definition) is 1. The molecule has 0 radical (unpaired) electrons. The van der Waals surface area contributed by atoms with E-state index in [4.69, 9.17) is 0 Å². The van der Waals surface area contributed by atoms with Crippen LogP contribution in [0.3, 0.4) is 0 Å². The average Bonchev–Trinajstić information content (AvgIpc) is 2.70. The molecule has 2 aromatic rings. The molecule has 1 N–H and O–H groups in total. The Kier molecular flexibility index (Phi) is 3.02. The van der Waals surface area contributed by atoms with Gasteiger partial charge in [-0.25, -0.2) is 0 Å². The quantitative estimate of drug-likeness (QED) is 0.863. The van der Waals surface area contributed by atoms with Gasteiger partial charge in [0.1, 0.15) is 6.10 Å². The lowest BCUT2D eigenvalue weighted by Crippen LogP contribution is -2.10. The lowest BCUT2D eigenvalue weighted by atomic mass is 10.1. The zero-order valence-corrected chi connectivity index (χ0v) is 10.7. The van der Waals surface area contributed by atoms with Gasteiger partial charge in [-0.3, -0.25) is 9.36 Å². The molecule has 17 heavy (non-hydrogen) atoms. The van der Waals surface area contributed by atoms with Crippen LogP contribution in [0.25, 0.3) is 0 Å². The van der Waals surface area contributed by atoms with Gasteiger partial charge in [0.25, 0.3) is 0 Å². The molecule has 0 aliphatic carbocycles. The minimum atomic E-state index is -0.545. The standard InChI is InChI=1S/C12H18N4O/c1-8-5-10(15(3)13-8)7-12(17)11-6-9(2)14-16(11)4/h5-6,12,17H,7H2,1-4H3. The minimum Gasteiger partial charge on any atom is -0.386 e. The van der Waals surface area contributed by atoms with Crippen LogP contribution < -0.4 is 0 Å². The van der Waals surface area contributed by atoms with Crippen LogP contribution in [0.15, 0.2) is 12.1 Å². The molecule has 0 saturated heterocycles. The summed E-state index contributed by atoms with van der Waals surface area (Å²) in [7, 11) is 3.74. The Balaban J connectivity index is 2.19. The first-order chi connectivity index (χ1) is 7.97. The fourth-order valence-electron chi connectivity index (χ4n) is 2.10. The zero-order valence-electron chi connectivity index (χ0n) is 10.7. The number of aliphatic hydroxyl groups excluding tert-OH is 1. The molecular weight excluding hydrogens is 216 g/mol. The first-order valence-corrected chi connectivity index (χ1v) is 5.65. The van der Waals surface area contributed by atoms with Gasteiger partial charge in [0.15, 0.2) is 0 Å². The Labute approximate surface area is 101 Å². The highest BCUT2D eigenvalue weighted by Crippen LogP contribution is 2.18. The van der Waals surface area contributed by atoms with Crippen LogP contribution in [-0.2, 0) is 20.5 Å². The summed E-state index contributed by atoms with van der Waals surface area (Å²) in [5, 5.41) is 18.7. The van der Waals surface area contributed by atoms with E-state index in [-0.39, 0.29) is 0 Å². The number of aliphatic hydroxyl groups is 1. The van der Waals surface area contributed by atoms with Crippen molar-refractivity contribution in [2.24, 2.45) is 14.1 Å². The molecule has 2 heterocycles. The van der Waals surface area contributed by atoms with E-state index in [1.54, 1.807) is 4.68 Å². The third kappa shape index (κ3) is 2.39. The molecule has 0 bridgehead atoms. The molecule has 0 aromatic carbocycles. The van der Waals surface area contributed by atoms with Crippen molar-refractivity contribution in [2.45, 2.75) is 26.4 Å². The van der Waals surface area contributed by atoms with Crippen LogP contribution >= 0.6 is 0 Å². The Morgan fingerprint density at radius 1 is 1.12 bits per heavy atom. The third-order valence-corrected chi connectivity index (χ3v) is 2.88. The molecule has 0 fully saturated rings. The molecule has 2 rings (SSSR count). The van der Waals surface area contributed by atoms with Gasteiger partial charge in [0.05, 0.1) is 17.1 Å². The highest BCUT2D eigenvalue weighted by Gasteiger charge is 2.15. The highest BCUT2D eigenvalue weighted by molar-refractivity contribution is 5.16. The second-order valence-electron chi connectivity index (χ2n) is 4.45. The fourth-order valence-corrected chi connectivity index (χ4v) is 2.10. The van der Waals surface area contributed by atoms with Crippen molar-refractivity contribution < 1.29 is 5.11 Å². The zero-order chi connectivity index (χ0) is 12.6. The number of nitrogens with zero attached hydrogens (tertiary/aromatic N) is 4. The minimum absolute atomic E-state index is 0.545. The average molecular weight is 234 g/mol. The largest absolute Gasteiger partial charge is 0.386 e. The van der Waals surface area contributed by atoms with Crippen molar-refractivity contribution in [1.82, 2.24) is 19.6 Å². The number of aryl methyl sites for hydroxylation is 4. The van der Waals surface area contributed by atoms with Gasteiger partial charge in [0, 0.05) is 26.2 Å². The summed E-state index contributed by atoms with van der Waals surface area (Å²) in [5.41, 5.74) is 3.74. The molecule has 5 nitrogen and oxygen atoms in total. The second kappa shape index (κ2) is 4.33. The molecule has 2 aromatic heterocycles. The van der Waals surface area contributed by atoms with Crippen molar-refractivity contribution >= 4 is 0 Å². The van der Waals surface area contributed by atoms with Gasteiger partial charge in [-0.1, -0.05) is 0 Å². The Hall–Kier alpha value is -1.62. The predicted molar refractivity (Wildman–Crippen MR) is 64.6 cm³/mol. The molecule has 0 aliphatic heterocycles. The number of hydrogen-bond acceptors (Lipinski definition) is 3. The van der Waals surface area contributed by atoms with Gasteiger partial charge < -0.3 is 5.11 Å². The summed E-state index contributed by atoms with van der Waals surface area (Å²) in [4.78, 5) is 0. The van der Waals surface area contributed by atoms with Crippen LogP contribution in [0.1, 0.15) is 28.9 Å². The molecular formula is C12H18N4O. The van der Waals surface area contributed by atoms with E-state index in [2.05, 4.69) is 10.2 Å². The van der Waals surface area contributed by atoms with Crippen molar-refractivity contribution in [1.29, 1.82) is 0 Å². The van der Waals surface area contributed by atoms with Gasteiger partial charge in [-0.05, 0) is 26.0 Å². The van der Waals surface area contributed by atoms with Crippen LogP contribution in [0.2, 0.25) is 0 Å². The lowest BCUT2D eigenvalue weighted by Gasteiger charge is -2.10. The first kappa shape index (κ1) is 11.9. The van der Waals surface area contributed by atoms with Gasteiger partial charge in [0.2, 0.25) is 0 Å². The van der Waals surface area contributed by atoms with E-state index in [1.807, 2.05) is 44.8 Å². The molecule has 0 spiro atoms.